The molecular weight excluding hydrogens is 158 g/mol. The van der Waals surface area contributed by atoms with Gasteiger partial charge in [0.25, 0.3) is 0 Å². The Labute approximate surface area is 80.9 Å². The van der Waals surface area contributed by atoms with Gasteiger partial charge in [0.1, 0.15) is 0 Å². The summed E-state index contributed by atoms with van der Waals surface area (Å²) < 4.78 is 0. The second-order valence-corrected chi connectivity index (χ2v) is 2.95. The molecule has 1 nitrogen and oxygen atoms in total. The quantitative estimate of drug-likeness (QED) is 0.456. The van der Waals surface area contributed by atoms with Gasteiger partial charge in [0.15, 0.2) is 0 Å². The zero-order chi connectivity index (χ0) is 10.1. The molecule has 0 aromatic carbocycles. The molecule has 0 unspecified atom stereocenters. The molecule has 0 aromatic heterocycles. The molecule has 0 amide bonds. The van der Waals surface area contributed by atoms with Gasteiger partial charge in [-0.05, 0) is 26.8 Å². The summed E-state index contributed by atoms with van der Waals surface area (Å²) in [6.07, 6.45) is 11.3. The molecule has 0 radical (unpaired) electrons. The Morgan fingerprint density at radius 3 is 2.23 bits per heavy atom. The number of allylic oxidation sites excluding steroid dienone is 7. The van der Waals surface area contributed by atoms with Crippen LogP contribution in [0, 0.1) is 0 Å². The summed E-state index contributed by atoms with van der Waals surface area (Å²) in [6.45, 7) is 9.63. The maximum atomic E-state index is 4.11. The smallest absolute Gasteiger partial charge is 0.0372 e. The SMILES string of the molecule is C=CC=N/C(C)=C/C=C\C=C(C)C. The van der Waals surface area contributed by atoms with Crippen molar-refractivity contribution in [2.75, 3.05) is 0 Å². The second-order valence-electron chi connectivity index (χ2n) is 2.95. The molecule has 0 aliphatic rings. The molecule has 0 heterocycles. The zero-order valence-corrected chi connectivity index (χ0v) is 8.62. The van der Waals surface area contributed by atoms with Gasteiger partial charge < -0.3 is 0 Å². The van der Waals surface area contributed by atoms with Gasteiger partial charge in [0.05, 0.1) is 0 Å². The van der Waals surface area contributed by atoms with Crippen LogP contribution in [0.1, 0.15) is 20.8 Å². The van der Waals surface area contributed by atoms with Gasteiger partial charge in [-0.3, -0.25) is 4.99 Å². The summed E-state index contributed by atoms with van der Waals surface area (Å²) in [4.78, 5) is 4.11. The highest BCUT2D eigenvalue weighted by Gasteiger charge is 1.76. The zero-order valence-electron chi connectivity index (χ0n) is 8.62. The summed E-state index contributed by atoms with van der Waals surface area (Å²) in [5.41, 5.74) is 2.26. The van der Waals surface area contributed by atoms with Gasteiger partial charge in [-0.25, -0.2) is 0 Å². The number of hydrogen-bond donors (Lipinski definition) is 0. The van der Waals surface area contributed by atoms with Gasteiger partial charge in [-0.15, -0.1) is 0 Å². The van der Waals surface area contributed by atoms with Crippen molar-refractivity contribution in [3.63, 3.8) is 0 Å². The minimum absolute atomic E-state index is 0.971. The minimum Gasteiger partial charge on any atom is -0.262 e. The number of nitrogens with zero attached hydrogens (tertiary/aromatic N) is 1. The van der Waals surface area contributed by atoms with Crippen LogP contribution in [0.25, 0.3) is 0 Å². The lowest BCUT2D eigenvalue weighted by Gasteiger charge is -1.86. The first-order valence-corrected chi connectivity index (χ1v) is 4.30. The molecular formula is C12H17N. The molecule has 0 fully saturated rings. The van der Waals surface area contributed by atoms with E-state index in [0.29, 0.717) is 0 Å². The van der Waals surface area contributed by atoms with Gasteiger partial charge >= 0.3 is 0 Å². The average molecular weight is 175 g/mol. The Bertz CT molecular complexity index is 261. The molecule has 1 heteroatoms. The molecule has 0 aliphatic carbocycles. The summed E-state index contributed by atoms with van der Waals surface area (Å²) in [7, 11) is 0. The molecule has 0 aliphatic heterocycles. The Kier molecular flexibility index (Phi) is 6.52. The van der Waals surface area contributed by atoms with Crippen LogP contribution in [-0.4, -0.2) is 6.21 Å². The third kappa shape index (κ3) is 8.54. The minimum atomic E-state index is 0.971. The second kappa shape index (κ2) is 7.29. The van der Waals surface area contributed by atoms with E-state index in [2.05, 4.69) is 31.5 Å². The highest BCUT2D eigenvalue weighted by Crippen LogP contribution is 1.95. The Balaban J connectivity index is 4.10. The van der Waals surface area contributed by atoms with Crippen molar-refractivity contribution >= 4 is 6.21 Å². The van der Waals surface area contributed by atoms with E-state index in [0.717, 1.165) is 5.70 Å². The lowest BCUT2D eigenvalue weighted by Crippen LogP contribution is -1.68. The van der Waals surface area contributed by atoms with E-state index >= 15 is 0 Å². The number of rotatable bonds is 4. The van der Waals surface area contributed by atoms with Crippen LogP contribution < -0.4 is 0 Å². The van der Waals surface area contributed by atoms with Crippen molar-refractivity contribution in [1.82, 2.24) is 0 Å². The lowest BCUT2D eigenvalue weighted by atomic mass is 10.3. The molecule has 0 spiro atoms. The maximum absolute atomic E-state index is 4.11. The summed E-state index contributed by atoms with van der Waals surface area (Å²) >= 11 is 0. The Hall–Kier alpha value is -1.37. The summed E-state index contributed by atoms with van der Waals surface area (Å²) in [5.74, 6) is 0. The number of aliphatic imine (C=N–C) groups is 1. The first-order valence-electron chi connectivity index (χ1n) is 4.30. The van der Waals surface area contributed by atoms with E-state index < -0.39 is 0 Å². The van der Waals surface area contributed by atoms with E-state index in [1.807, 2.05) is 25.2 Å². The van der Waals surface area contributed by atoms with Crippen molar-refractivity contribution in [1.29, 1.82) is 0 Å². The van der Waals surface area contributed by atoms with Crippen LogP contribution in [0.3, 0.4) is 0 Å². The predicted molar refractivity (Wildman–Crippen MR) is 61.0 cm³/mol. The van der Waals surface area contributed by atoms with Crippen LogP contribution in [0.15, 0.2) is 53.2 Å². The van der Waals surface area contributed by atoms with E-state index in [4.69, 9.17) is 0 Å². The van der Waals surface area contributed by atoms with E-state index in [-0.39, 0.29) is 0 Å². The molecule has 0 N–H and O–H groups in total. The maximum Gasteiger partial charge on any atom is 0.0372 e. The molecule has 0 bridgehead atoms. The van der Waals surface area contributed by atoms with Crippen LogP contribution in [-0.2, 0) is 0 Å². The normalized spacial score (nSPS) is 12.4. The van der Waals surface area contributed by atoms with Gasteiger partial charge in [0.2, 0.25) is 0 Å². The molecule has 13 heavy (non-hydrogen) atoms. The molecule has 0 aromatic rings. The summed E-state index contributed by atoms with van der Waals surface area (Å²) in [6, 6.07) is 0. The highest BCUT2D eigenvalue weighted by molar-refractivity contribution is 5.71. The van der Waals surface area contributed by atoms with Crippen molar-refractivity contribution in [3.8, 4) is 0 Å². The van der Waals surface area contributed by atoms with Crippen molar-refractivity contribution in [2.45, 2.75) is 20.8 Å². The Morgan fingerprint density at radius 1 is 1.08 bits per heavy atom. The third-order valence-corrected chi connectivity index (χ3v) is 1.26. The fraction of sp³-hybridized carbons (Fsp3) is 0.250. The predicted octanol–water partition coefficient (Wildman–Crippen LogP) is 3.67. The molecule has 0 atom stereocenters. The van der Waals surface area contributed by atoms with Crippen LogP contribution >= 0.6 is 0 Å². The Morgan fingerprint density at radius 2 is 1.69 bits per heavy atom. The van der Waals surface area contributed by atoms with Crippen molar-refractivity contribution in [3.05, 3.63) is 48.2 Å². The topological polar surface area (TPSA) is 12.4 Å². The van der Waals surface area contributed by atoms with Gasteiger partial charge in [-0.1, -0.05) is 36.5 Å². The first kappa shape index (κ1) is 11.6. The van der Waals surface area contributed by atoms with E-state index in [1.54, 1.807) is 12.3 Å². The summed E-state index contributed by atoms with van der Waals surface area (Å²) in [5, 5.41) is 0. The van der Waals surface area contributed by atoms with Gasteiger partial charge in [0, 0.05) is 11.9 Å². The van der Waals surface area contributed by atoms with Crippen molar-refractivity contribution in [2.24, 2.45) is 4.99 Å². The van der Waals surface area contributed by atoms with Crippen molar-refractivity contribution < 1.29 is 0 Å². The monoisotopic (exact) mass is 175 g/mol. The fourth-order valence-corrected chi connectivity index (χ4v) is 0.656. The number of hydrogen-bond acceptors (Lipinski definition) is 1. The lowest BCUT2D eigenvalue weighted by molar-refractivity contribution is 1.32. The van der Waals surface area contributed by atoms with Crippen LogP contribution in [0.4, 0.5) is 0 Å². The molecule has 0 saturated carbocycles. The third-order valence-electron chi connectivity index (χ3n) is 1.26. The van der Waals surface area contributed by atoms with Crippen LogP contribution in [0.5, 0.6) is 0 Å². The fourth-order valence-electron chi connectivity index (χ4n) is 0.656. The molecule has 0 rings (SSSR count). The average Bonchev–Trinajstić information content (AvgIpc) is 2.08. The van der Waals surface area contributed by atoms with E-state index in [9.17, 15) is 0 Å². The molecule has 0 saturated heterocycles. The van der Waals surface area contributed by atoms with Crippen LogP contribution in [0.2, 0.25) is 0 Å². The first-order chi connectivity index (χ1) is 6.16. The van der Waals surface area contributed by atoms with Gasteiger partial charge in [-0.2, -0.15) is 0 Å². The highest BCUT2D eigenvalue weighted by atomic mass is 14.7. The van der Waals surface area contributed by atoms with E-state index in [1.165, 1.54) is 5.57 Å². The standard InChI is InChI=1S/C12H17N/c1-5-10-13-12(4)9-7-6-8-11(2)3/h5-10H,1H2,2-4H3/b7-6-,12-9+,13-10?. The molecule has 70 valence electrons. The largest absolute Gasteiger partial charge is 0.262 e.